The van der Waals surface area contributed by atoms with Crippen molar-refractivity contribution < 1.29 is 28.7 Å². The lowest BCUT2D eigenvalue weighted by molar-refractivity contribution is -0.124. The van der Waals surface area contributed by atoms with E-state index in [1.54, 1.807) is 24.3 Å². The third-order valence-corrected chi connectivity index (χ3v) is 3.94. The summed E-state index contributed by atoms with van der Waals surface area (Å²) in [5, 5.41) is 2.68. The number of hydrogen-bond acceptors (Lipinski definition) is 6. The zero-order valence-electron chi connectivity index (χ0n) is 14.4. The van der Waals surface area contributed by atoms with E-state index in [2.05, 4.69) is 10.1 Å². The van der Waals surface area contributed by atoms with Gasteiger partial charge < -0.3 is 14.8 Å². The molecule has 8 nitrogen and oxygen atoms in total. The van der Waals surface area contributed by atoms with Gasteiger partial charge in [-0.05, 0) is 36.4 Å². The SMILES string of the molecule is COC(=O)c1ccc(C(=O)OCC(=O)N2CC(=O)Nc3ccccc32)cc1. The molecule has 0 aromatic heterocycles. The Labute approximate surface area is 154 Å². The molecule has 2 aromatic rings. The van der Waals surface area contributed by atoms with Gasteiger partial charge in [0.05, 0.1) is 29.6 Å². The molecule has 0 radical (unpaired) electrons. The molecular formula is C19H16N2O6. The fraction of sp³-hybridized carbons (Fsp3) is 0.158. The van der Waals surface area contributed by atoms with E-state index < -0.39 is 24.5 Å². The van der Waals surface area contributed by atoms with E-state index in [1.807, 2.05) is 0 Å². The lowest BCUT2D eigenvalue weighted by atomic mass is 10.1. The fourth-order valence-corrected chi connectivity index (χ4v) is 2.60. The van der Waals surface area contributed by atoms with Gasteiger partial charge in [-0.3, -0.25) is 14.5 Å². The first kappa shape index (κ1) is 18.1. The molecule has 1 heterocycles. The first-order valence-corrected chi connectivity index (χ1v) is 8.04. The normalized spacial score (nSPS) is 12.6. The number of anilines is 2. The van der Waals surface area contributed by atoms with E-state index in [-0.39, 0.29) is 18.0 Å². The quantitative estimate of drug-likeness (QED) is 0.823. The monoisotopic (exact) mass is 368 g/mol. The van der Waals surface area contributed by atoms with Crippen molar-refractivity contribution in [2.24, 2.45) is 0 Å². The summed E-state index contributed by atoms with van der Waals surface area (Å²) in [6.45, 7) is -0.666. The molecule has 8 heteroatoms. The molecule has 2 amide bonds. The predicted octanol–water partition coefficient (Wildman–Crippen LogP) is 1.62. The number of ether oxygens (including phenoxy) is 2. The smallest absolute Gasteiger partial charge is 0.338 e. The maximum Gasteiger partial charge on any atom is 0.338 e. The minimum Gasteiger partial charge on any atom is -0.465 e. The Morgan fingerprint density at radius 2 is 1.63 bits per heavy atom. The number of nitrogens with zero attached hydrogens (tertiary/aromatic N) is 1. The van der Waals surface area contributed by atoms with Crippen molar-refractivity contribution in [2.75, 3.05) is 30.5 Å². The Balaban J connectivity index is 1.65. The number of carbonyl (C=O) groups excluding carboxylic acids is 4. The number of esters is 2. The van der Waals surface area contributed by atoms with E-state index in [1.165, 1.54) is 36.3 Å². The van der Waals surface area contributed by atoms with Gasteiger partial charge in [0.2, 0.25) is 5.91 Å². The Morgan fingerprint density at radius 3 is 2.30 bits per heavy atom. The lowest BCUT2D eigenvalue weighted by Crippen LogP contribution is -2.44. The van der Waals surface area contributed by atoms with Gasteiger partial charge in [-0.2, -0.15) is 0 Å². The number of amides is 2. The molecule has 1 N–H and O–H groups in total. The molecule has 0 fully saturated rings. The molecule has 0 saturated heterocycles. The Hall–Kier alpha value is -3.68. The molecule has 138 valence electrons. The highest BCUT2D eigenvalue weighted by Crippen LogP contribution is 2.28. The van der Waals surface area contributed by atoms with Crippen LogP contribution in [0, 0.1) is 0 Å². The third kappa shape index (κ3) is 3.95. The molecule has 0 spiro atoms. The molecule has 1 aliphatic heterocycles. The summed E-state index contributed by atoms with van der Waals surface area (Å²) in [7, 11) is 1.26. The molecule has 0 bridgehead atoms. The number of methoxy groups -OCH3 is 1. The summed E-state index contributed by atoms with van der Waals surface area (Å²) in [6, 6.07) is 12.5. The van der Waals surface area contributed by atoms with Crippen LogP contribution in [0.25, 0.3) is 0 Å². The number of hydrogen-bond donors (Lipinski definition) is 1. The maximum absolute atomic E-state index is 12.4. The molecule has 0 saturated carbocycles. The van der Waals surface area contributed by atoms with Gasteiger partial charge in [0.1, 0.15) is 6.54 Å². The zero-order valence-corrected chi connectivity index (χ0v) is 14.4. The Bertz CT molecular complexity index is 907. The molecule has 0 unspecified atom stereocenters. The van der Waals surface area contributed by atoms with Gasteiger partial charge in [0.15, 0.2) is 6.61 Å². The molecule has 3 rings (SSSR count). The van der Waals surface area contributed by atoms with Gasteiger partial charge in [-0.15, -0.1) is 0 Å². The second-order valence-electron chi connectivity index (χ2n) is 5.69. The molecule has 0 atom stereocenters. The number of rotatable bonds is 4. The van der Waals surface area contributed by atoms with Gasteiger partial charge in [0, 0.05) is 0 Å². The van der Waals surface area contributed by atoms with Gasteiger partial charge in [-0.25, -0.2) is 9.59 Å². The van der Waals surface area contributed by atoms with Crippen LogP contribution < -0.4 is 10.2 Å². The molecule has 0 aliphatic carbocycles. The van der Waals surface area contributed by atoms with Crippen LogP contribution in [-0.2, 0) is 19.1 Å². The minimum absolute atomic E-state index is 0.152. The standard InChI is InChI=1S/C19H16N2O6/c1-26-18(24)12-6-8-13(9-7-12)19(25)27-11-17(23)21-10-16(22)20-14-4-2-3-5-15(14)21/h2-9H,10-11H2,1H3,(H,20,22). The van der Waals surface area contributed by atoms with Crippen molar-refractivity contribution in [3.05, 3.63) is 59.7 Å². The summed E-state index contributed by atoms with van der Waals surface area (Å²) in [5.41, 5.74) is 1.54. The van der Waals surface area contributed by atoms with Crippen molar-refractivity contribution >= 4 is 35.1 Å². The van der Waals surface area contributed by atoms with Crippen LogP contribution in [0.5, 0.6) is 0 Å². The van der Waals surface area contributed by atoms with Crippen LogP contribution in [-0.4, -0.2) is 44.0 Å². The van der Waals surface area contributed by atoms with Crippen molar-refractivity contribution in [2.45, 2.75) is 0 Å². The van der Waals surface area contributed by atoms with Crippen LogP contribution >= 0.6 is 0 Å². The number of para-hydroxylation sites is 2. The number of carbonyl (C=O) groups is 4. The number of nitrogens with one attached hydrogen (secondary N) is 1. The van der Waals surface area contributed by atoms with Crippen molar-refractivity contribution in [3.8, 4) is 0 Å². The van der Waals surface area contributed by atoms with Crippen LogP contribution in [0.1, 0.15) is 20.7 Å². The van der Waals surface area contributed by atoms with E-state index in [0.29, 0.717) is 16.9 Å². The van der Waals surface area contributed by atoms with Crippen molar-refractivity contribution in [1.29, 1.82) is 0 Å². The van der Waals surface area contributed by atoms with E-state index in [9.17, 15) is 19.2 Å². The van der Waals surface area contributed by atoms with Crippen molar-refractivity contribution in [3.63, 3.8) is 0 Å². The minimum atomic E-state index is -0.713. The summed E-state index contributed by atoms with van der Waals surface area (Å²) < 4.78 is 9.62. The van der Waals surface area contributed by atoms with Gasteiger partial charge >= 0.3 is 11.9 Å². The van der Waals surface area contributed by atoms with E-state index in [4.69, 9.17) is 4.74 Å². The average molecular weight is 368 g/mol. The highest BCUT2D eigenvalue weighted by Gasteiger charge is 2.27. The highest BCUT2D eigenvalue weighted by atomic mass is 16.5. The summed E-state index contributed by atoms with van der Waals surface area (Å²) in [5.74, 6) is -2.08. The predicted molar refractivity (Wildman–Crippen MR) is 95.5 cm³/mol. The average Bonchev–Trinajstić information content (AvgIpc) is 2.70. The van der Waals surface area contributed by atoms with Crippen LogP contribution in [0.2, 0.25) is 0 Å². The Kier molecular flexibility index (Phi) is 5.16. The van der Waals surface area contributed by atoms with Gasteiger partial charge in [0.25, 0.3) is 5.91 Å². The Morgan fingerprint density at radius 1 is 1.00 bits per heavy atom. The molecule has 2 aromatic carbocycles. The number of fused-ring (bicyclic) bond motifs is 1. The highest BCUT2D eigenvalue weighted by molar-refractivity contribution is 6.10. The third-order valence-electron chi connectivity index (χ3n) is 3.94. The lowest BCUT2D eigenvalue weighted by Gasteiger charge is -2.28. The van der Waals surface area contributed by atoms with Crippen LogP contribution in [0.3, 0.4) is 0 Å². The second-order valence-corrected chi connectivity index (χ2v) is 5.69. The maximum atomic E-state index is 12.4. The molecular weight excluding hydrogens is 352 g/mol. The van der Waals surface area contributed by atoms with Crippen LogP contribution in [0.15, 0.2) is 48.5 Å². The molecule has 27 heavy (non-hydrogen) atoms. The molecule has 1 aliphatic rings. The first-order valence-electron chi connectivity index (χ1n) is 8.04. The topological polar surface area (TPSA) is 102 Å². The number of benzene rings is 2. The van der Waals surface area contributed by atoms with Crippen molar-refractivity contribution in [1.82, 2.24) is 0 Å². The fourth-order valence-electron chi connectivity index (χ4n) is 2.60. The van der Waals surface area contributed by atoms with E-state index >= 15 is 0 Å². The summed E-state index contributed by atoms with van der Waals surface area (Å²) in [6.07, 6.45) is 0. The second kappa shape index (κ2) is 7.69. The van der Waals surface area contributed by atoms with Crippen LogP contribution in [0.4, 0.5) is 11.4 Å². The summed E-state index contributed by atoms with van der Waals surface area (Å²) >= 11 is 0. The zero-order chi connectivity index (χ0) is 19.4. The van der Waals surface area contributed by atoms with E-state index in [0.717, 1.165) is 0 Å². The largest absolute Gasteiger partial charge is 0.465 e. The van der Waals surface area contributed by atoms with Gasteiger partial charge in [-0.1, -0.05) is 12.1 Å². The first-order chi connectivity index (χ1) is 13.0. The summed E-state index contributed by atoms with van der Waals surface area (Å²) in [4.78, 5) is 49.0.